The molecule has 1 aromatic carbocycles. The number of hydrogen-bond donors (Lipinski definition) is 0. The number of hydrogen-bond acceptors (Lipinski definition) is 3. The zero-order valence-electron chi connectivity index (χ0n) is 9.37. The van der Waals surface area contributed by atoms with E-state index >= 15 is 0 Å². The number of anilines is 1. The number of benzene rings is 1. The standard InChI is InChI=1S/C11H11ClFNO3/c1-3-17-11(16)10(15)14(2)7-4-5-9(13)8(12)6-7/h4-6H,3H2,1-2H3. The maximum Gasteiger partial charge on any atom is 0.397 e. The molecule has 0 unspecified atom stereocenters. The van der Waals surface area contributed by atoms with Crippen LogP contribution in [0.25, 0.3) is 0 Å². The Morgan fingerprint density at radius 2 is 2.12 bits per heavy atom. The molecule has 0 aromatic heterocycles. The maximum atomic E-state index is 12.9. The lowest BCUT2D eigenvalue weighted by Gasteiger charge is -2.16. The third kappa shape index (κ3) is 3.17. The molecule has 0 saturated carbocycles. The van der Waals surface area contributed by atoms with Crippen LogP contribution in [0.4, 0.5) is 10.1 Å². The molecule has 0 saturated heterocycles. The highest BCUT2D eigenvalue weighted by Gasteiger charge is 2.21. The molecule has 1 rings (SSSR count). The minimum Gasteiger partial charge on any atom is -0.459 e. The number of esters is 1. The monoisotopic (exact) mass is 259 g/mol. The number of rotatable bonds is 2. The fourth-order valence-corrected chi connectivity index (χ4v) is 1.32. The largest absolute Gasteiger partial charge is 0.459 e. The molecule has 0 heterocycles. The average Bonchev–Trinajstić information content (AvgIpc) is 2.31. The molecule has 0 bridgehead atoms. The molecule has 1 aromatic rings. The van der Waals surface area contributed by atoms with Crippen molar-refractivity contribution >= 4 is 29.2 Å². The van der Waals surface area contributed by atoms with Gasteiger partial charge in [-0.2, -0.15) is 0 Å². The van der Waals surface area contributed by atoms with Gasteiger partial charge in [0.05, 0.1) is 11.6 Å². The fraction of sp³-hybridized carbons (Fsp3) is 0.273. The van der Waals surface area contributed by atoms with E-state index in [2.05, 4.69) is 4.74 Å². The molecule has 92 valence electrons. The summed E-state index contributed by atoms with van der Waals surface area (Å²) in [6.45, 7) is 1.71. The lowest BCUT2D eigenvalue weighted by atomic mass is 10.3. The summed E-state index contributed by atoms with van der Waals surface area (Å²) in [5.41, 5.74) is 0.314. The topological polar surface area (TPSA) is 46.6 Å². The minimum atomic E-state index is -0.963. The molecule has 6 heteroatoms. The Kier molecular flexibility index (Phi) is 4.45. The second-order valence-corrected chi connectivity index (χ2v) is 3.59. The van der Waals surface area contributed by atoms with Crippen molar-refractivity contribution in [1.29, 1.82) is 0 Å². The van der Waals surface area contributed by atoms with Crippen LogP contribution in [0, 0.1) is 5.82 Å². The number of carbonyl (C=O) groups excluding carboxylic acids is 2. The number of carbonyl (C=O) groups is 2. The fourth-order valence-electron chi connectivity index (χ4n) is 1.14. The highest BCUT2D eigenvalue weighted by molar-refractivity contribution is 6.38. The number of likely N-dealkylation sites (N-methyl/N-ethyl adjacent to an activating group) is 1. The van der Waals surface area contributed by atoms with Crippen LogP contribution in [-0.4, -0.2) is 25.5 Å². The van der Waals surface area contributed by atoms with Gasteiger partial charge in [-0.25, -0.2) is 9.18 Å². The molecule has 0 atom stereocenters. The highest BCUT2D eigenvalue weighted by atomic mass is 35.5. The van der Waals surface area contributed by atoms with Gasteiger partial charge in [0.25, 0.3) is 0 Å². The lowest BCUT2D eigenvalue weighted by molar-refractivity contribution is -0.153. The van der Waals surface area contributed by atoms with Crippen LogP contribution in [0.1, 0.15) is 6.92 Å². The van der Waals surface area contributed by atoms with Gasteiger partial charge in [-0.15, -0.1) is 0 Å². The predicted molar refractivity (Wildman–Crippen MR) is 61.5 cm³/mol. The summed E-state index contributed by atoms with van der Waals surface area (Å²) in [6, 6.07) is 3.72. The Morgan fingerprint density at radius 3 is 2.65 bits per heavy atom. The highest BCUT2D eigenvalue weighted by Crippen LogP contribution is 2.21. The normalized spacial score (nSPS) is 9.88. The van der Waals surface area contributed by atoms with Crippen molar-refractivity contribution in [3.63, 3.8) is 0 Å². The first-order valence-electron chi connectivity index (χ1n) is 4.87. The SMILES string of the molecule is CCOC(=O)C(=O)N(C)c1ccc(F)c(Cl)c1. The van der Waals surface area contributed by atoms with Gasteiger partial charge in [-0.3, -0.25) is 4.79 Å². The average molecular weight is 260 g/mol. The molecule has 1 amide bonds. The van der Waals surface area contributed by atoms with E-state index in [1.165, 1.54) is 19.2 Å². The van der Waals surface area contributed by atoms with Crippen molar-refractivity contribution < 1.29 is 18.7 Å². The van der Waals surface area contributed by atoms with E-state index in [1.807, 2.05) is 0 Å². The molecule has 4 nitrogen and oxygen atoms in total. The van der Waals surface area contributed by atoms with Gasteiger partial charge >= 0.3 is 11.9 Å². The molecule has 17 heavy (non-hydrogen) atoms. The molecule has 0 radical (unpaired) electrons. The van der Waals surface area contributed by atoms with E-state index in [9.17, 15) is 14.0 Å². The van der Waals surface area contributed by atoms with E-state index in [-0.39, 0.29) is 11.6 Å². The van der Waals surface area contributed by atoms with Crippen LogP contribution in [-0.2, 0) is 14.3 Å². The summed E-state index contributed by atoms with van der Waals surface area (Å²) in [7, 11) is 1.38. The summed E-state index contributed by atoms with van der Waals surface area (Å²) < 4.78 is 17.5. The minimum absolute atomic E-state index is 0.114. The van der Waals surface area contributed by atoms with Gasteiger partial charge in [0.2, 0.25) is 0 Å². The number of amides is 1. The summed E-state index contributed by atoms with van der Waals surface area (Å²) in [5.74, 6) is -2.39. The van der Waals surface area contributed by atoms with Gasteiger partial charge in [0.15, 0.2) is 0 Å². The third-order valence-electron chi connectivity index (χ3n) is 2.05. The molecule has 0 N–H and O–H groups in total. The molecule has 0 aliphatic carbocycles. The van der Waals surface area contributed by atoms with Gasteiger partial charge < -0.3 is 9.64 Å². The summed E-state index contributed by atoms with van der Waals surface area (Å²) in [6.07, 6.45) is 0. The van der Waals surface area contributed by atoms with Gasteiger partial charge in [-0.1, -0.05) is 11.6 Å². The van der Waals surface area contributed by atoms with Gasteiger partial charge in [0.1, 0.15) is 5.82 Å². The van der Waals surface area contributed by atoms with E-state index in [0.717, 1.165) is 11.0 Å². The maximum absolute atomic E-state index is 12.9. The van der Waals surface area contributed by atoms with Crippen molar-refractivity contribution in [2.75, 3.05) is 18.6 Å². The first-order valence-corrected chi connectivity index (χ1v) is 5.25. The Morgan fingerprint density at radius 1 is 1.47 bits per heavy atom. The Labute approximate surface area is 103 Å². The van der Waals surface area contributed by atoms with Crippen LogP contribution in [0.2, 0.25) is 5.02 Å². The van der Waals surface area contributed by atoms with Crippen molar-refractivity contribution in [3.05, 3.63) is 29.0 Å². The number of halogens is 2. The smallest absolute Gasteiger partial charge is 0.397 e. The van der Waals surface area contributed by atoms with Crippen molar-refractivity contribution in [3.8, 4) is 0 Å². The summed E-state index contributed by atoms with van der Waals surface area (Å²) >= 11 is 5.57. The van der Waals surface area contributed by atoms with E-state index < -0.39 is 17.7 Å². The van der Waals surface area contributed by atoms with E-state index in [4.69, 9.17) is 11.6 Å². The molecular weight excluding hydrogens is 249 g/mol. The third-order valence-corrected chi connectivity index (χ3v) is 2.33. The first-order chi connectivity index (χ1) is 7.97. The van der Waals surface area contributed by atoms with Crippen molar-refractivity contribution in [2.45, 2.75) is 6.92 Å². The van der Waals surface area contributed by atoms with Crippen LogP contribution >= 0.6 is 11.6 Å². The van der Waals surface area contributed by atoms with Crippen LogP contribution in [0.3, 0.4) is 0 Å². The molecule has 0 fully saturated rings. The van der Waals surface area contributed by atoms with E-state index in [0.29, 0.717) is 5.69 Å². The lowest BCUT2D eigenvalue weighted by Crippen LogP contribution is -2.34. The summed E-state index contributed by atoms with van der Waals surface area (Å²) in [5, 5.41) is -0.119. The predicted octanol–water partition coefficient (Wildman–Crippen LogP) is 2.00. The van der Waals surface area contributed by atoms with Gasteiger partial charge in [0, 0.05) is 12.7 Å². The first kappa shape index (κ1) is 13.4. The van der Waals surface area contributed by atoms with Crippen molar-refractivity contribution in [2.24, 2.45) is 0 Å². The Hall–Kier alpha value is -1.62. The second kappa shape index (κ2) is 5.63. The molecule has 0 spiro atoms. The number of ether oxygens (including phenoxy) is 1. The van der Waals surface area contributed by atoms with Crippen LogP contribution < -0.4 is 4.90 Å². The van der Waals surface area contributed by atoms with Crippen molar-refractivity contribution in [1.82, 2.24) is 0 Å². The number of nitrogens with zero attached hydrogens (tertiary/aromatic N) is 1. The summed E-state index contributed by atoms with van der Waals surface area (Å²) in [4.78, 5) is 23.8. The quantitative estimate of drug-likeness (QED) is 0.603. The molecular formula is C11H11ClFNO3. The zero-order valence-corrected chi connectivity index (χ0v) is 10.1. The van der Waals surface area contributed by atoms with Crippen LogP contribution in [0.5, 0.6) is 0 Å². The Balaban J connectivity index is 2.88. The zero-order chi connectivity index (χ0) is 13.0. The second-order valence-electron chi connectivity index (χ2n) is 3.18. The molecule has 0 aliphatic heterocycles. The van der Waals surface area contributed by atoms with Crippen LogP contribution in [0.15, 0.2) is 18.2 Å². The Bertz CT molecular complexity index is 450. The van der Waals surface area contributed by atoms with E-state index in [1.54, 1.807) is 6.92 Å². The van der Waals surface area contributed by atoms with Gasteiger partial charge in [-0.05, 0) is 25.1 Å². The molecule has 0 aliphatic rings.